The Bertz CT molecular complexity index is 663. The summed E-state index contributed by atoms with van der Waals surface area (Å²) >= 11 is 0. The van der Waals surface area contributed by atoms with Crippen molar-refractivity contribution < 1.29 is 14.9 Å². The number of hydrogen-bond acceptors (Lipinski definition) is 3. The summed E-state index contributed by atoms with van der Waals surface area (Å²) in [4.78, 5) is 0. The summed E-state index contributed by atoms with van der Waals surface area (Å²) in [5.74, 6) is 1.23. The first kappa shape index (κ1) is 13.3. The third-order valence-electron chi connectivity index (χ3n) is 4.40. The molecule has 1 aliphatic heterocycles. The summed E-state index contributed by atoms with van der Waals surface area (Å²) in [6.45, 7) is 4.11. The molecule has 2 N–H and O–H groups in total. The van der Waals surface area contributed by atoms with E-state index in [0.717, 1.165) is 40.5 Å². The summed E-state index contributed by atoms with van der Waals surface area (Å²) < 4.78 is 6.24. The molecule has 0 fully saturated rings. The first-order valence-corrected chi connectivity index (χ1v) is 7.09. The molecular formula is C17H20O3. The number of rotatable bonds is 2. The predicted octanol–water partition coefficient (Wildman–Crippen LogP) is 3.32. The molecule has 1 heterocycles. The van der Waals surface area contributed by atoms with Crippen molar-refractivity contribution in [1.82, 2.24) is 0 Å². The smallest absolute Gasteiger partial charge is 0.131 e. The van der Waals surface area contributed by atoms with Gasteiger partial charge < -0.3 is 14.9 Å². The predicted molar refractivity (Wildman–Crippen MR) is 79.4 cm³/mol. The third-order valence-corrected chi connectivity index (χ3v) is 4.40. The molecule has 2 aromatic rings. The Kier molecular flexibility index (Phi) is 3.09. The second-order valence-corrected chi connectivity index (χ2v) is 5.85. The Morgan fingerprint density at radius 1 is 1.25 bits per heavy atom. The van der Waals surface area contributed by atoms with E-state index in [2.05, 4.69) is 0 Å². The van der Waals surface area contributed by atoms with Gasteiger partial charge in [0, 0.05) is 29.4 Å². The topological polar surface area (TPSA) is 49.7 Å². The lowest BCUT2D eigenvalue weighted by Gasteiger charge is -2.37. The molecule has 0 amide bonds. The summed E-state index contributed by atoms with van der Waals surface area (Å²) in [5, 5.41) is 21.4. The van der Waals surface area contributed by atoms with Crippen molar-refractivity contribution in [3.63, 3.8) is 0 Å². The maximum atomic E-state index is 10.4. The van der Waals surface area contributed by atoms with E-state index in [1.165, 1.54) is 0 Å². The summed E-state index contributed by atoms with van der Waals surface area (Å²) in [6.07, 6.45) is 2.36. The van der Waals surface area contributed by atoms with Gasteiger partial charge in [-0.1, -0.05) is 24.3 Å². The fourth-order valence-electron chi connectivity index (χ4n) is 3.08. The standard InChI is InChI=1S/C17H20O3/c1-11-12-7-8-17(2,9-10-18)20-16(12)14-6-4-3-5-13(14)15(11)19/h3-6,18-19H,7-10H2,1-2H3. The van der Waals surface area contributed by atoms with Gasteiger partial charge in [0.1, 0.15) is 17.1 Å². The monoisotopic (exact) mass is 272 g/mol. The normalized spacial score (nSPS) is 21.6. The SMILES string of the molecule is Cc1c2c(c3ccccc3c1O)OC(C)(CCO)CC2. The molecule has 2 aromatic carbocycles. The van der Waals surface area contributed by atoms with Gasteiger partial charge in [-0.05, 0) is 32.3 Å². The van der Waals surface area contributed by atoms with Crippen LogP contribution in [0.25, 0.3) is 10.8 Å². The molecule has 3 rings (SSSR count). The minimum absolute atomic E-state index is 0.126. The number of benzene rings is 2. The second kappa shape index (κ2) is 4.67. The second-order valence-electron chi connectivity index (χ2n) is 5.85. The average molecular weight is 272 g/mol. The number of phenolic OH excluding ortho intramolecular Hbond substituents is 1. The highest BCUT2D eigenvalue weighted by molar-refractivity contribution is 5.95. The molecule has 1 atom stereocenters. The average Bonchev–Trinajstić information content (AvgIpc) is 2.45. The number of aliphatic hydroxyl groups excluding tert-OH is 1. The molecule has 0 saturated carbocycles. The lowest BCUT2D eigenvalue weighted by atomic mass is 9.86. The Balaban J connectivity index is 2.22. The van der Waals surface area contributed by atoms with Crippen molar-refractivity contribution in [1.29, 1.82) is 0 Å². The molecule has 0 saturated heterocycles. The Hall–Kier alpha value is -1.74. The van der Waals surface area contributed by atoms with Gasteiger partial charge in [-0.2, -0.15) is 0 Å². The van der Waals surface area contributed by atoms with Crippen LogP contribution < -0.4 is 4.74 Å². The van der Waals surface area contributed by atoms with Crippen LogP contribution in [0.1, 0.15) is 30.9 Å². The highest BCUT2D eigenvalue weighted by Gasteiger charge is 2.33. The van der Waals surface area contributed by atoms with E-state index in [1.54, 1.807) is 0 Å². The van der Waals surface area contributed by atoms with Crippen molar-refractivity contribution in [2.24, 2.45) is 0 Å². The minimum atomic E-state index is -0.325. The van der Waals surface area contributed by atoms with E-state index in [9.17, 15) is 10.2 Å². The van der Waals surface area contributed by atoms with E-state index < -0.39 is 0 Å². The zero-order valence-corrected chi connectivity index (χ0v) is 11.9. The van der Waals surface area contributed by atoms with Gasteiger partial charge in [0.25, 0.3) is 0 Å². The first-order valence-electron chi connectivity index (χ1n) is 7.09. The molecule has 1 unspecified atom stereocenters. The molecule has 0 bridgehead atoms. The van der Waals surface area contributed by atoms with Crippen LogP contribution in [-0.4, -0.2) is 22.4 Å². The molecule has 106 valence electrons. The maximum Gasteiger partial charge on any atom is 0.131 e. The Labute approximate surface area is 118 Å². The fourth-order valence-corrected chi connectivity index (χ4v) is 3.08. The van der Waals surface area contributed by atoms with Gasteiger partial charge in [0.05, 0.1) is 0 Å². The molecule has 20 heavy (non-hydrogen) atoms. The van der Waals surface area contributed by atoms with Crippen molar-refractivity contribution in [3.05, 3.63) is 35.4 Å². The zero-order valence-electron chi connectivity index (χ0n) is 11.9. The van der Waals surface area contributed by atoms with Gasteiger partial charge in [-0.15, -0.1) is 0 Å². The van der Waals surface area contributed by atoms with E-state index in [-0.39, 0.29) is 12.2 Å². The van der Waals surface area contributed by atoms with Gasteiger partial charge in [-0.25, -0.2) is 0 Å². The first-order chi connectivity index (χ1) is 9.56. The summed E-state index contributed by atoms with van der Waals surface area (Å²) in [7, 11) is 0. The van der Waals surface area contributed by atoms with Crippen molar-refractivity contribution in [3.8, 4) is 11.5 Å². The number of phenols is 1. The molecule has 0 radical (unpaired) electrons. The number of fused-ring (bicyclic) bond motifs is 3. The van der Waals surface area contributed by atoms with E-state index in [1.807, 2.05) is 38.1 Å². The molecule has 3 nitrogen and oxygen atoms in total. The molecule has 0 aliphatic carbocycles. The Morgan fingerprint density at radius 2 is 1.95 bits per heavy atom. The summed E-state index contributed by atoms with van der Waals surface area (Å²) in [5.41, 5.74) is 1.68. The third kappa shape index (κ3) is 1.93. The van der Waals surface area contributed by atoms with Crippen LogP contribution in [0.4, 0.5) is 0 Å². The number of hydrogen-bond donors (Lipinski definition) is 2. The summed E-state index contributed by atoms with van der Waals surface area (Å²) in [6, 6.07) is 7.78. The van der Waals surface area contributed by atoms with Crippen LogP contribution in [0.15, 0.2) is 24.3 Å². The Morgan fingerprint density at radius 3 is 2.65 bits per heavy atom. The van der Waals surface area contributed by atoms with Crippen LogP contribution in [-0.2, 0) is 6.42 Å². The van der Waals surface area contributed by atoms with E-state index in [4.69, 9.17) is 4.74 Å². The van der Waals surface area contributed by atoms with Gasteiger partial charge >= 0.3 is 0 Å². The molecule has 3 heteroatoms. The van der Waals surface area contributed by atoms with Gasteiger partial charge in [-0.3, -0.25) is 0 Å². The highest BCUT2D eigenvalue weighted by Crippen LogP contribution is 2.45. The van der Waals surface area contributed by atoms with Crippen molar-refractivity contribution in [2.45, 2.75) is 38.7 Å². The largest absolute Gasteiger partial charge is 0.507 e. The number of ether oxygens (including phenoxy) is 1. The zero-order chi connectivity index (χ0) is 14.3. The van der Waals surface area contributed by atoms with Crippen molar-refractivity contribution in [2.75, 3.05) is 6.61 Å². The number of aromatic hydroxyl groups is 1. The van der Waals surface area contributed by atoms with Gasteiger partial charge in [0.15, 0.2) is 0 Å². The number of aliphatic hydroxyl groups is 1. The van der Waals surface area contributed by atoms with Crippen LogP contribution in [0.5, 0.6) is 11.5 Å². The molecular weight excluding hydrogens is 252 g/mol. The minimum Gasteiger partial charge on any atom is -0.507 e. The van der Waals surface area contributed by atoms with Crippen LogP contribution in [0.3, 0.4) is 0 Å². The maximum absolute atomic E-state index is 10.4. The molecule has 1 aliphatic rings. The van der Waals surface area contributed by atoms with Crippen LogP contribution in [0, 0.1) is 6.92 Å². The fraction of sp³-hybridized carbons (Fsp3) is 0.412. The molecule has 0 aromatic heterocycles. The van der Waals surface area contributed by atoms with Crippen molar-refractivity contribution >= 4 is 10.8 Å². The van der Waals surface area contributed by atoms with Crippen LogP contribution >= 0.6 is 0 Å². The van der Waals surface area contributed by atoms with Crippen LogP contribution in [0.2, 0.25) is 0 Å². The van der Waals surface area contributed by atoms with E-state index >= 15 is 0 Å². The van der Waals surface area contributed by atoms with E-state index in [0.29, 0.717) is 12.2 Å². The lowest BCUT2D eigenvalue weighted by molar-refractivity contribution is 0.0403. The lowest BCUT2D eigenvalue weighted by Crippen LogP contribution is -2.37. The molecule has 0 spiro atoms. The van der Waals surface area contributed by atoms with Gasteiger partial charge in [0.2, 0.25) is 0 Å². The quantitative estimate of drug-likeness (QED) is 0.881. The highest BCUT2D eigenvalue weighted by atomic mass is 16.5.